The first-order chi connectivity index (χ1) is 14.1. The quantitative estimate of drug-likeness (QED) is 0.459. The van der Waals surface area contributed by atoms with E-state index in [4.69, 9.17) is 0 Å². The summed E-state index contributed by atoms with van der Waals surface area (Å²) in [6, 6.07) is 21.7. The lowest BCUT2D eigenvalue weighted by Crippen LogP contribution is -2.40. The fraction of sp³-hybridized carbons (Fsp3) is 0.538. The van der Waals surface area contributed by atoms with Gasteiger partial charge in [0.25, 0.3) is 0 Å². The van der Waals surface area contributed by atoms with Crippen molar-refractivity contribution >= 4 is 0 Å². The minimum Gasteiger partial charge on any atom is -0.316 e. The van der Waals surface area contributed by atoms with E-state index in [0.717, 1.165) is 45.8 Å². The van der Waals surface area contributed by atoms with Gasteiger partial charge in [-0.1, -0.05) is 88.4 Å². The zero-order valence-corrected chi connectivity index (χ0v) is 19.0. The molecule has 160 valence electrons. The molecule has 1 atom stereocenters. The highest BCUT2D eigenvalue weighted by Crippen LogP contribution is 2.14. The molecule has 0 bridgehead atoms. The van der Waals surface area contributed by atoms with Crippen molar-refractivity contribution in [3.05, 3.63) is 71.8 Å². The Balaban J connectivity index is 1.98. The fourth-order valence-electron chi connectivity index (χ4n) is 3.99. The number of hydrogen-bond donors (Lipinski definition) is 1. The zero-order chi connectivity index (χ0) is 20.9. The third-order valence-corrected chi connectivity index (χ3v) is 5.12. The third kappa shape index (κ3) is 10.1. The molecule has 0 radical (unpaired) electrons. The highest BCUT2D eigenvalue weighted by atomic mass is 15.2. The van der Waals surface area contributed by atoms with Gasteiger partial charge < -0.3 is 10.2 Å². The van der Waals surface area contributed by atoms with E-state index in [1.54, 1.807) is 0 Å². The average Bonchev–Trinajstić information content (AvgIpc) is 2.69. The molecule has 0 saturated heterocycles. The number of hydrogen-bond acceptors (Lipinski definition) is 3. The number of nitrogens with one attached hydrogen (secondary N) is 1. The Labute approximate surface area is 179 Å². The molecule has 0 heterocycles. The standard InChI is InChI=1S/C26H41N3/c1-5-27-16-17-28(18-23(2)3)19-24(4)20-29(21-25-12-8-6-9-13-25)22-26-14-10-7-11-15-26/h6-15,23-24,27H,5,16-22H2,1-4H3. The van der Waals surface area contributed by atoms with Crippen LogP contribution in [0.1, 0.15) is 38.8 Å². The maximum Gasteiger partial charge on any atom is 0.0237 e. The van der Waals surface area contributed by atoms with E-state index in [0.29, 0.717) is 11.8 Å². The monoisotopic (exact) mass is 395 g/mol. The first-order valence-electron chi connectivity index (χ1n) is 11.3. The molecule has 0 spiro atoms. The van der Waals surface area contributed by atoms with Crippen molar-refractivity contribution < 1.29 is 0 Å². The lowest BCUT2D eigenvalue weighted by Gasteiger charge is -2.31. The summed E-state index contributed by atoms with van der Waals surface area (Å²) in [6.45, 7) is 17.9. The van der Waals surface area contributed by atoms with Gasteiger partial charge in [-0.05, 0) is 29.5 Å². The van der Waals surface area contributed by atoms with E-state index in [2.05, 4.69) is 103 Å². The molecule has 0 saturated carbocycles. The van der Waals surface area contributed by atoms with Gasteiger partial charge in [-0.2, -0.15) is 0 Å². The van der Waals surface area contributed by atoms with Crippen LogP contribution >= 0.6 is 0 Å². The lowest BCUT2D eigenvalue weighted by atomic mass is 10.1. The molecule has 0 amide bonds. The van der Waals surface area contributed by atoms with Crippen LogP contribution in [-0.2, 0) is 13.1 Å². The highest BCUT2D eigenvalue weighted by molar-refractivity contribution is 5.17. The molecule has 0 aliphatic rings. The molecule has 29 heavy (non-hydrogen) atoms. The summed E-state index contributed by atoms with van der Waals surface area (Å²) < 4.78 is 0. The molecule has 1 unspecified atom stereocenters. The molecule has 1 N–H and O–H groups in total. The van der Waals surface area contributed by atoms with Crippen molar-refractivity contribution in [3.63, 3.8) is 0 Å². The Hall–Kier alpha value is -1.68. The molecule has 2 rings (SSSR count). The van der Waals surface area contributed by atoms with Gasteiger partial charge in [-0.25, -0.2) is 0 Å². The Morgan fingerprint density at radius 2 is 1.24 bits per heavy atom. The topological polar surface area (TPSA) is 18.5 Å². The van der Waals surface area contributed by atoms with Crippen LogP contribution in [0.3, 0.4) is 0 Å². The summed E-state index contributed by atoms with van der Waals surface area (Å²) in [5.74, 6) is 1.33. The predicted molar refractivity (Wildman–Crippen MR) is 126 cm³/mol. The van der Waals surface area contributed by atoms with Crippen LogP contribution in [0.2, 0.25) is 0 Å². The molecule has 3 heteroatoms. The maximum absolute atomic E-state index is 3.48. The Morgan fingerprint density at radius 3 is 1.72 bits per heavy atom. The molecular formula is C26H41N3. The minimum absolute atomic E-state index is 0.628. The van der Waals surface area contributed by atoms with Crippen molar-refractivity contribution in [1.29, 1.82) is 0 Å². The fourth-order valence-corrected chi connectivity index (χ4v) is 3.99. The van der Waals surface area contributed by atoms with E-state index in [-0.39, 0.29) is 0 Å². The van der Waals surface area contributed by atoms with Crippen molar-refractivity contribution in [2.24, 2.45) is 11.8 Å². The van der Waals surface area contributed by atoms with Crippen LogP contribution in [-0.4, -0.2) is 49.1 Å². The Kier molecular flexibility index (Phi) is 11.0. The summed E-state index contributed by atoms with van der Waals surface area (Å²) in [5.41, 5.74) is 2.78. The second kappa shape index (κ2) is 13.5. The van der Waals surface area contributed by atoms with Crippen LogP contribution in [0.25, 0.3) is 0 Å². The first-order valence-corrected chi connectivity index (χ1v) is 11.3. The average molecular weight is 396 g/mol. The van der Waals surface area contributed by atoms with Crippen molar-refractivity contribution in [2.75, 3.05) is 39.3 Å². The van der Waals surface area contributed by atoms with Crippen LogP contribution in [0.5, 0.6) is 0 Å². The smallest absolute Gasteiger partial charge is 0.0237 e. The Bertz CT molecular complexity index is 600. The summed E-state index contributed by atoms with van der Waals surface area (Å²) >= 11 is 0. The van der Waals surface area contributed by atoms with Gasteiger partial charge in [-0.3, -0.25) is 4.90 Å². The van der Waals surface area contributed by atoms with Crippen LogP contribution in [0.4, 0.5) is 0 Å². The van der Waals surface area contributed by atoms with Gasteiger partial charge in [0, 0.05) is 45.8 Å². The van der Waals surface area contributed by atoms with Crippen molar-refractivity contribution in [2.45, 2.75) is 40.8 Å². The summed E-state index contributed by atoms with van der Waals surface area (Å²) in [5, 5.41) is 3.48. The van der Waals surface area contributed by atoms with E-state index in [1.807, 2.05) is 0 Å². The SMILES string of the molecule is CCNCCN(CC(C)C)CC(C)CN(Cc1ccccc1)Cc1ccccc1. The molecule has 2 aromatic carbocycles. The van der Waals surface area contributed by atoms with Crippen LogP contribution in [0.15, 0.2) is 60.7 Å². The van der Waals surface area contributed by atoms with Gasteiger partial charge in [0.2, 0.25) is 0 Å². The summed E-state index contributed by atoms with van der Waals surface area (Å²) in [4.78, 5) is 5.24. The zero-order valence-electron chi connectivity index (χ0n) is 19.0. The van der Waals surface area contributed by atoms with Gasteiger partial charge in [0.15, 0.2) is 0 Å². The number of likely N-dealkylation sites (N-methyl/N-ethyl adjacent to an activating group) is 1. The number of benzene rings is 2. The van der Waals surface area contributed by atoms with Gasteiger partial charge in [-0.15, -0.1) is 0 Å². The highest BCUT2D eigenvalue weighted by Gasteiger charge is 2.16. The molecule has 0 aliphatic carbocycles. The second-order valence-electron chi connectivity index (χ2n) is 8.75. The minimum atomic E-state index is 0.628. The lowest BCUT2D eigenvalue weighted by molar-refractivity contribution is 0.164. The first kappa shape index (κ1) is 23.6. The molecule has 0 aliphatic heterocycles. The number of rotatable bonds is 14. The van der Waals surface area contributed by atoms with E-state index < -0.39 is 0 Å². The van der Waals surface area contributed by atoms with Crippen LogP contribution in [0, 0.1) is 11.8 Å². The molecule has 2 aromatic rings. The van der Waals surface area contributed by atoms with Gasteiger partial charge in [0.1, 0.15) is 0 Å². The summed E-state index contributed by atoms with van der Waals surface area (Å²) in [6.07, 6.45) is 0. The summed E-state index contributed by atoms with van der Waals surface area (Å²) in [7, 11) is 0. The van der Waals surface area contributed by atoms with Crippen LogP contribution < -0.4 is 5.32 Å². The van der Waals surface area contributed by atoms with Gasteiger partial charge in [0.05, 0.1) is 0 Å². The van der Waals surface area contributed by atoms with E-state index in [9.17, 15) is 0 Å². The molecule has 0 fully saturated rings. The van der Waals surface area contributed by atoms with E-state index >= 15 is 0 Å². The third-order valence-electron chi connectivity index (χ3n) is 5.12. The maximum atomic E-state index is 3.48. The predicted octanol–water partition coefficient (Wildman–Crippen LogP) is 4.89. The second-order valence-corrected chi connectivity index (χ2v) is 8.75. The normalized spacial score (nSPS) is 12.8. The molecular weight excluding hydrogens is 354 g/mol. The number of nitrogens with zero attached hydrogens (tertiary/aromatic N) is 2. The largest absolute Gasteiger partial charge is 0.316 e. The molecule has 0 aromatic heterocycles. The van der Waals surface area contributed by atoms with E-state index in [1.165, 1.54) is 17.7 Å². The van der Waals surface area contributed by atoms with Crippen molar-refractivity contribution in [3.8, 4) is 0 Å². The Morgan fingerprint density at radius 1 is 0.724 bits per heavy atom. The van der Waals surface area contributed by atoms with Crippen molar-refractivity contribution in [1.82, 2.24) is 15.1 Å². The van der Waals surface area contributed by atoms with Gasteiger partial charge >= 0.3 is 0 Å². The molecule has 3 nitrogen and oxygen atoms in total.